The highest BCUT2D eigenvalue weighted by Crippen LogP contribution is 2.36. The summed E-state index contributed by atoms with van der Waals surface area (Å²) in [4.78, 5) is 12.6. The predicted octanol–water partition coefficient (Wildman–Crippen LogP) is 3.25. The maximum atomic E-state index is 12.4. The van der Waals surface area contributed by atoms with Crippen molar-refractivity contribution in [3.63, 3.8) is 0 Å². The lowest BCUT2D eigenvalue weighted by molar-refractivity contribution is -0.118. The molecule has 106 valence electrons. The van der Waals surface area contributed by atoms with Crippen LogP contribution in [0.4, 0.5) is 5.69 Å². The van der Waals surface area contributed by atoms with Gasteiger partial charge in [-0.25, -0.2) is 0 Å². The molecule has 1 atom stereocenters. The second-order valence-electron chi connectivity index (χ2n) is 5.00. The molecule has 1 aliphatic carbocycles. The molecule has 0 fully saturated rings. The van der Waals surface area contributed by atoms with E-state index in [0.29, 0.717) is 16.3 Å². The molecule has 0 radical (unpaired) electrons. The van der Waals surface area contributed by atoms with E-state index in [2.05, 4.69) is 5.32 Å². The fourth-order valence-electron chi connectivity index (χ4n) is 2.49. The van der Waals surface area contributed by atoms with Crippen LogP contribution in [-0.2, 0) is 11.2 Å². The Labute approximate surface area is 133 Å². The van der Waals surface area contributed by atoms with Gasteiger partial charge in [-0.2, -0.15) is 0 Å². The van der Waals surface area contributed by atoms with Gasteiger partial charge in [-0.05, 0) is 29.7 Å². The first kappa shape index (κ1) is 14.0. The second-order valence-corrected chi connectivity index (χ2v) is 5.85. The van der Waals surface area contributed by atoms with Crippen LogP contribution in [0.3, 0.4) is 0 Å². The minimum atomic E-state index is -0.120. The van der Waals surface area contributed by atoms with E-state index in [1.54, 1.807) is 18.2 Å². The molecule has 3 rings (SSSR count). The molecule has 1 amide bonds. The summed E-state index contributed by atoms with van der Waals surface area (Å²) in [5, 5.41) is 3.33. The van der Waals surface area contributed by atoms with Crippen LogP contribution >= 0.6 is 23.8 Å². The quantitative estimate of drug-likeness (QED) is 0.855. The van der Waals surface area contributed by atoms with E-state index in [4.69, 9.17) is 29.6 Å². The van der Waals surface area contributed by atoms with Crippen molar-refractivity contribution in [2.45, 2.75) is 12.3 Å². The van der Waals surface area contributed by atoms with Gasteiger partial charge in [0.05, 0.1) is 16.6 Å². The molecule has 21 heavy (non-hydrogen) atoms. The lowest BCUT2D eigenvalue weighted by Crippen LogP contribution is -2.30. The van der Waals surface area contributed by atoms with E-state index in [-0.39, 0.29) is 16.8 Å². The van der Waals surface area contributed by atoms with Gasteiger partial charge in [0.2, 0.25) is 5.91 Å². The van der Waals surface area contributed by atoms with E-state index >= 15 is 0 Å². The average Bonchev–Trinajstić information content (AvgIpc) is 2.42. The van der Waals surface area contributed by atoms with Crippen LogP contribution in [0.25, 0.3) is 0 Å². The molecule has 0 spiro atoms. The highest BCUT2D eigenvalue weighted by Gasteiger charge is 2.31. The minimum absolute atomic E-state index is 0.0595. The van der Waals surface area contributed by atoms with E-state index in [9.17, 15) is 4.79 Å². The van der Waals surface area contributed by atoms with Crippen molar-refractivity contribution in [1.29, 1.82) is 0 Å². The monoisotopic (exact) mass is 316 g/mol. The molecule has 0 aliphatic heterocycles. The van der Waals surface area contributed by atoms with Crippen molar-refractivity contribution < 1.29 is 4.79 Å². The molecule has 3 nitrogen and oxygen atoms in total. The summed E-state index contributed by atoms with van der Waals surface area (Å²) >= 11 is 11.1. The smallest absolute Gasteiger partial charge is 0.232 e. The van der Waals surface area contributed by atoms with Crippen molar-refractivity contribution in [1.82, 2.24) is 0 Å². The molecule has 1 aliphatic rings. The maximum Gasteiger partial charge on any atom is 0.232 e. The van der Waals surface area contributed by atoms with Crippen molar-refractivity contribution in [2.24, 2.45) is 5.73 Å². The fourth-order valence-corrected chi connectivity index (χ4v) is 2.78. The summed E-state index contributed by atoms with van der Waals surface area (Å²) in [6.45, 7) is 0. The number of carbonyl (C=O) groups excluding carboxylic acids is 1. The zero-order valence-electron chi connectivity index (χ0n) is 11.1. The summed E-state index contributed by atoms with van der Waals surface area (Å²) in [6.07, 6.45) is 0.759. The predicted molar refractivity (Wildman–Crippen MR) is 88.9 cm³/mol. The Morgan fingerprint density at radius 3 is 2.76 bits per heavy atom. The standard InChI is InChI=1S/C16H13ClN2OS/c17-13-6-5-10(15(18)21)8-14(13)19-16(20)12-7-9-3-1-2-4-11(9)12/h1-6,8,12H,7H2,(H2,18,21)(H,19,20). The Hall–Kier alpha value is -1.91. The first-order chi connectivity index (χ1) is 10.1. The topological polar surface area (TPSA) is 55.1 Å². The zero-order chi connectivity index (χ0) is 15.0. The number of hydrogen-bond donors (Lipinski definition) is 2. The number of rotatable bonds is 3. The molecule has 5 heteroatoms. The van der Waals surface area contributed by atoms with Crippen molar-refractivity contribution in [2.75, 3.05) is 5.32 Å². The van der Waals surface area contributed by atoms with Crippen LogP contribution in [0.1, 0.15) is 22.6 Å². The summed E-state index contributed by atoms with van der Waals surface area (Å²) in [7, 11) is 0. The first-order valence-corrected chi connectivity index (χ1v) is 7.33. The summed E-state index contributed by atoms with van der Waals surface area (Å²) < 4.78 is 0. The molecule has 1 unspecified atom stereocenters. The van der Waals surface area contributed by atoms with E-state index < -0.39 is 0 Å². The third-order valence-corrected chi connectivity index (χ3v) is 4.25. The van der Waals surface area contributed by atoms with Crippen molar-refractivity contribution in [3.8, 4) is 0 Å². The largest absolute Gasteiger partial charge is 0.389 e. The SMILES string of the molecule is NC(=S)c1ccc(Cl)c(NC(=O)C2Cc3ccccc32)c1. The van der Waals surface area contributed by atoms with Gasteiger partial charge < -0.3 is 11.1 Å². The van der Waals surface area contributed by atoms with Crippen LogP contribution in [-0.4, -0.2) is 10.9 Å². The van der Waals surface area contributed by atoms with Gasteiger partial charge >= 0.3 is 0 Å². The molecule has 0 aromatic heterocycles. The third kappa shape index (κ3) is 2.64. The lowest BCUT2D eigenvalue weighted by atomic mass is 9.77. The van der Waals surface area contributed by atoms with Gasteiger partial charge in [0, 0.05) is 5.56 Å². The van der Waals surface area contributed by atoms with Gasteiger partial charge in [0.15, 0.2) is 0 Å². The lowest BCUT2D eigenvalue weighted by Gasteiger charge is -2.29. The Balaban J connectivity index is 1.80. The summed E-state index contributed by atoms with van der Waals surface area (Å²) in [5.41, 5.74) is 9.12. The van der Waals surface area contributed by atoms with Gasteiger partial charge in [0.1, 0.15) is 4.99 Å². The minimum Gasteiger partial charge on any atom is -0.389 e. The number of thiocarbonyl (C=S) groups is 1. The number of carbonyl (C=O) groups is 1. The van der Waals surface area contributed by atoms with Crippen LogP contribution < -0.4 is 11.1 Å². The van der Waals surface area contributed by atoms with E-state index in [1.165, 1.54) is 5.56 Å². The van der Waals surface area contributed by atoms with Crippen molar-refractivity contribution in [3.05, 3.63) is 64.2 Å². The summed E-state index contributed by atoms with van der Waals surface area (Å²) in [6, 6.07) is 13.1. The average molecular weight is 317 g/mol. The molecule has 3 N–H and O–H groups in total. The van der Waals surface area contributed by atoms with Crippen LogP contribution in [0, 0.1) is 0 Å². The highest BCUT2D eigenvalue weighted by atomic mass is 35.5. The number of benzene rings is 2. The Bertz CT molecular complexity index is 745. The maximum absolute atomic E-state index is 12.4. The van der Waals surface area contributed by atoms with Crippen LogP contribution in [0.5, 0.6) is 0 Å². The molecule has 0 saturated heterocycles. The molecule has 2 aromatic carbocycles. The van der Waals surface area contributed by atoms with Crippen LogP contribution in [0.2, 0.25) is 5.02 Å². The number of hydrogen-bond acceptors (Lipinski definition) is 2. The summed E-state index contributed by atoms with van der Waals surface area (Å²) in [5.74, 6) is -0.179. The molecule has 0 heterocycles. The number of amides is 1. The molecule has 2 aromatic rings. The first-order valence-electron chi connectivity index (χ1n) is 6.54. The molecular weight excluding hydrogens is 304 g/mol. The van der Waals surface area contributed by atoms with Gasteiger partial charge in [0.25, 0.3) is 0 Å². The number of fused-ring (bicyclic) bond motifs is 1. The zero-order valence-corrected chi connectivity index (χ0v) is 12.7. The number of halogens is 1. The van der Waals surface area contributed by atoms with Gasteiger partial charge in [-0.1, -0.05) is 54.2 Å². The van der Waals surface area contributed by atoms with E-state index in [1.807, 2.05) is 24.3 Å². The molecule has 0 bridgehead atoms. The Morgan fingerprint density at radius 2 is 2.05 bits per heavy atom. The second kappa shape index (κ2) is 5.47. The highest BCUT2D eigenvalue weighted by molar-refractivity contribution is 7.80. The Kier molecular flexibility index (Phi) is 3.66. The fraction of sp³-hybridized carbons (Fsp3) is 0.125. The normalized spacial score (nSPS) is 15.8. The Morgan fingerprint density at radius 1 is 1.29 bits per heavy atom. The van der Waals surface area contributed by atoms with Crippen molar-refractivity contribution >= 4 is 40.4 Å². The third-order valence-electron chi connectivity index (χ3n) is 3.68. The number of anilines is 1. The number of nitrogens with one attached hydrogen (secondary N) is 1. The number of nitrogens with two attached hydrogens (primary N) is 1. The van der Waals surface area contributed by atoms with E-state index in [0.717, 1.165) is 12.0 Å². The van der Waals surface area contributed by atoms with Gasteiger partial charge in [-0.15, -0.1) is 0 Å². The van der Waals surface area contributed by atoms with Gasteiger partial charge in [-0.3, -0.25) is 4.79 Å². The molecule has 0 saturated carbocycles. The molecular formula is C16H13ClN2OS. The van der Waals surface area contributed by atoms with Crippen LogP contribution in [0.15, 0.2) is 42.5 Å².